The zero-order chi connectivity index (χ0) is 14.9. The van der Waals surface area contributed by atoms with Gasteiger partial charge in [0.05, 0.1) is 11.0 Å². The molecule has 0 spiro atoms. The molecule has 2 rings (SSSR count). The molecule has 0 aliphatic heterocycles. The third-order valence-electron chi connectivity index (χ3n) is 4.34. The third kappa shape index (κ3) is 2.41. The topological polar surface area (TPSA) is 92.4 Å². The number of nitrogens with one attached hydrogen (secondary N) is 1. The molecular formula is C15H20N2O3. The summed E-state index contributed by atoms with van der Waals surface area (Å²) in [6.07, 6.45) is 2.61. The van der Waals surface area contributed by atoms with Crippen LogP contribution in [-0.2, 0) is 4.79 Å². The number of rotatable bonds is 4. The van der Waals surface area contributed by atoms with Crippen LogP contribution in [-0.4, -0.2) is 23.5 Å². The highest BCUT2D eigenvalue weighted by Crippen LogP contribution is 2.41. The molecule has 1 aliphatic carbocycles. The van der Waals surface area contributed by atoms with E-state index in [4.69, 9.17) is 5.73 Å². The maximum Gasteiger partial charge on any atom is 0.336 e. The number of carboxylic acid groups (broad SMARTS) is 1. The minimum Gasteiger partial charge on any atom is -0.478 e. The summed E-state index contributed by atoms with van der Waals surface area (Å²) < 4.78 is 0. The second-order valence-corrected chi connectivity index (χ2v) is 5.56. The normalized spacial score (nSPS) is 16.4. The van der Waals surface area contributed by atoms with Crippen molar-refractivity contribution in [1.29, 1.82) is 0 Å². The monoisotopic (exact) mass is 276 g/mol. The first-order valence-electron chi connectivity index (χ1n) is 6.76. The number of hydrogen-bond donors (Lipinski definition) is 3. The van der Waals surface area contributed by atoms with E-state index >= 15 is 0 Å². The van der Waals surface area contributed by atoms with Crippen molar-refractivity contribution in [2.24, 2.45) is 11.1 Å². The maximum atomic E-state index is 12.3. The van der Waals surface area contributed by atoms with Crippen molar-refractivity contribution in [2.45, 2.75) is 33.1 Å². The smallest absolute Gasteiger partial charge is 0.336 e. The van der Waals surface area contributed by atoms with E-state index in [1.165, 1.54) is 6.07 Å². The number of carbonyl (C=O) groups is 2. The quantitative estimate of drug-likeness (QED) is 0.785. The molecule has 0 radical (unpaired) electrons. The van der Waals surface area contributed by atoms with Crippen molar-refractivity contribution in [3.05, 3.63) is 28.8 Å². The van der Waals surface area contributed by atoms with Crippen molar-refractivity contribution >= 4 is 17.6 Å². The van der Waals surface area contributed by atoms with Gasteiger partial charge in [0.15, 0.2) is 0 Å². The van der Waals surface area contributed by atoms with Crippen LogP contribution in [0.2, 0.25) is 0 Å². The minimum atomic E-state index is -0.987. The fourth-order valence-electron chi connectivity index (χ4n) is 2.54. The first-order chi connectivity index (χ1) is 9.39. The van der Waals surface area contributed by atoms with Gasteiger partial charge in [-0.05, 0) is 49.9 Å². The Labute approximate surface area is 118 Å². The molecular weight excluding hydrogens is 256 g/mol. The molecule has 1 fully saturated rings. The van der Waals surface area contributed by atoms with Crippen molar-refractivity contribution < 1.29 is 14.7 Å². The molecule has 1 aromatic rings. The Balaban J connectivity index is 2.26. The van der Waals surface area contributed by atoms with Crippen molar-refractivity contribution in [1.82, 2.24) is 0 Å². The Morgan fingerprint density at radius 3 is 2.45 bits per heavy atom. The average Bonchev–Trinajstić information content (AvgIpc) is 2.32. The standard InChI is InChI=1S/C15H20N2O3/c1-9-6-11(7-12(10(9)2)13(18)19)17-14(20)15(8-16)4-3-5-15/h6-7H,3-5,8,16H2,1-2H3,(H,17,20)(H,18,19). The number of aryl methyl sites for hydroxylation is 1. The van der Waals surface area contributed by atoms with Crippen LogP contribution in [0.1, 0.15) is 40.7 Å². The molecule has 5 heteroatoms. The van der Waals surface area contributed by atoms with Crippen molar-refractivity contribution in [3.8, 4) is 0 Å². The Kier molecular flexibility index (Phi) is 3.81. The molecule has 20 heavy (non-hydrogen) atoms. The lowest BCUT2D eigenvalue weighted by atomic mass is 9.68. The largest absolute Gasteiger partial charge is 0.478 e. The van der Waals surface area contributed by atoms with Gasteiger partial charge in [0.2, 0.25) is 5.91 Å². The lowest BCUT2D eigenvalue weighted by Gasteiger charge is -2.39. The number of benzene rings is 1. The number of carbonyl (C=O) groups excluding carboxylic acids is 1. The molecule has 5 nitrogen and oxygen atoms in total. The molecule has 0 heterocycles. The van der Waals surface area contributed by atoms with E-state index in [2.05, 4.69) is 5.32 Å². The Morgan fingerprint density at radius 1 is 1.35 bits per heavy atom. The summed E-state index contributed by atoms with van der Waals surface area (Å²) in [6, 6.07) is 3.30. The third-order valence-corrected chi connectivity index (χ3v) is 4.34. The van der Waals surface area contributed by atoms with Crippen LogP contribution in [0, 0.1) is 19.3 Å². The minimum absolute atomic E-state index is 0.106. The number of amides is 1. The lowest BCUT2D eigenvalue weighted by molar-refractivity contribution is -0.129. The highest BCUT2D eigenvalue weighted by molar-refractivity contribution is 5.98. The Hall–Kier alpha value is -1.88. The predicted molar refractivity (Wildman–Crippen MR) is 76.8 cm³/mol. The highest BCUT2D eigenvalue weighted by Gasteiger charge is 2.42. The maximum absolute atomic E-state index is 12.3. The van der Waals surface area contributed by atoms with Gasteiger partial charge in [-0.25, -0.2) is 4.79 Å². The number of nitrogens with two attached hydrogens (primary N) is 1. The molecule has 1 amide bonds. The predicted octanol–water partition coefficient (Wildman–Crippen LogP) is 2.07. The fraction of sp³-hybridized carbons (Fsp3) is 0.467. The van der Waals surface area contributed by atoms with Crippen LogP contribution < -0.4 is 11.1 Å². The van der Waals surface area contributed by atoms with Gasteiger partial charge in [-0.2, -0.15) is 0 Å². The van der Waals surface area contributed by atoms with Gasteiger partial charge in [0.1, 0.15) is 0 Å². The van der Waals surface area contributed by atoms with Crippen LogP contribution in [0.25, 0.3) is 0 Å². The van der Waals surface area contributed by atoms with E-state index in [0.717, 1.165) is 24.8 Å². The van der Waals surface area contributed by atoms with Gasteiger partial charge in [0, 0.05) is 12.2 Å². The van der Waals surface area contributed by atoms with Gasteiger partial charge in [-0.15, -0.1) is 0 Å². The highest BCUT2D eigenvalue weighted by atomic mass is 16.4. The van der Waals surface area contributed by atoms with E-state index in [1.54, 1.807) is 13.0 Å². The number of anilines is 1. The summed E-state index contributed by atoms with van der Waals surface area (Å²) in [5.74, 6) is -1.09. The molecule has 0 atom stereocenters. The summed E-state index contributed by atoms with van der Waals surface area (Å²) in [5, 5.41) is 12.0. The van der Waals surface area contributed by atoms with E-state index in [0.29, 0.717) is 17.8 Å². The van der Waals surface area contributed by atoms with Crippen LogP contribution >= 0.6 is 0 Å². The Bertz CT molecular complexity index is 557. The molecule has 1 saturated carbocycles. The molecule has 1 aliphatic rings. The molecule has 4 N–H and O–H groups in total. The van der Waals surface area contributed by atoms with E-state index in [9.17, 15) is 14.7 Å². The first kappa shape index (κ1) is 14.5. The number of carboxylic acids is 1. The van der Waals surface area contributed by atoms with Crippen LogP contribution in [0.3, 0.4) is 0 Å². The van der Waals surface area contributed by atoms with Gasteiger partial charge in [0.25, 0.3) is 0 Å². The van der Waals surface area contributed by atoms with Gasteiger partial charge < -0.3 is 16.2 Å². The summed E-state index contributed by atoms with van der Waals surface area (Å²) in [7, 11) is 0. The molecule has 108 valence electrons. The van der Waals surface area contributed by atoms with E-state index < -0.39 is 11.4 Å². The lowest BCUT2D eigenvalue weighted by Crippen LogP contribution is -2.47. The summed E-state index contributed by atoms with van der Waals surface area (Å²) in [4.78, 5) is 23.5. The second-order valence-electron chi connectivity index (χ2n) is 5.56. The van der Waals surface area contributed by atoms with Crippen molar-refractivity contribution in [3.63, 3.8) is 0 Å². The molecule has 0 bridgehead atoms. The first-order valence-corrected chi connectivity index (χ1v) is 6.76. The SMILES string of the molecule is Cc1cc(NC(=O)C2(CN)CCC2)cc(C(=O)O)c1C. The summed E-state index contributed by atoms with van der Waals surface area (Å²) in [5.41, 5.74) is 7.53. The molecule has 0 unspecified atom stereocenters. The van der Waals surface area contributed by atoms with Gasteiger partial charge >= 0.3 is 5.97 Å². The summed E-state index contributed by atoms with van der Waals surface area (Å²) >= 11 is 0. The second kappa shape index (κ2) is 5.25. The van der Waals surface area contributed by atoms with E-state index in [1.807, 2.05) is 6.92 Å². The fourth-order valence-corrected chi connectivity index (χ4v) is 2.54. The van der Waals surface area contributed by atoms with Crippen LogP contribution in [0.4, 0.5) is 5.69 Å². The van der Waals surface area contributed by atoms with Crippen LogP contribution in [0.15, 0.2) is 12.1 Å². The molecule has 0 aromatic heterocycles. The average molecular weight is 276 g/mol. The summed E-state index contributed by atoms with van der Waals surface area (Å²) in [6.45, 7) is 3.92. The van der Waals surface area contributed by atoms with Crippen molar-refractivity contribution in [2.75, 3.05) is 11.9 Å². The Morgan fingerprint density at radius 2 is 2.00 bits per heavy atom. The number of hydrogen-bond acceptors (Lipinski definition) is 3. The van der Waals surface area contributed by atoms with Gasteiger partial charge in [-0.3, -0.25) is 4.79 Å². The molecule has 1 aromatic carbocycles. The number of aromatic carboxylic acids is 1. The van der Waals surface area contributed by atoms with E-state index in [-0.39, 0.29) is 11.5 Å². The van der Waals surface area contributed by atoms with Gasteiger partial charge in [-0.1, -0.05) is 6.42 Å². The van der Waals surface area contributed by atoms with Crippen LogP contribution in [0.5, 0.6) is 0 Å². The zero-order valence-corrected chi connectivity index (χ0v) is 11.8. The molecule has 0 saturated heterocycles. The zero-order valence-electron chi connectivity index (χ0n) is 11.8.